The van der Waals surface area contributed by atoms with Gasteiger partial charge in [0.1, 0.15) is 0 Å². The van der Waals surface area contributed by atoms with Crippen LogP contribution in [-0.4, -0.2) is 43.4 Å². The molecule has 4 aliphatic carbocycles. The van der Waals surface area contributed by atoms with E-state index >= 15 is 0 Å². The zero-order chi connectivity index (χ0) is 20.2. The summed E-state index contributed by atoms with van der Waals surface area (Å²) in [4.78, 5) is 23.3. The van der Waals surface area contributed by atoms with E-state index in [0.717, 1.165) is 37.0 Å². The maximum atomic E-state index is 13.3. The average molecular weight is 402 g/mol. The number of esters is 1. The number of amides is 2. The summed E-state index contributed by atoms with van der Waals surface area (Å²) < 4.78 is 35.1. The summed E-state index contributed by atoms with van der Waals surface area (Å²) in [5.74, 6) is 0.677. The number of hydrogen-bond donors (Lipinski definition) is 2. The van der Waals surface area contributed by atoms with E-state index in [9.17, 15) is 18.4 Å². The van der Waals surface area contributed by atoms with Crippen molar-refractivity contribution in [3.05, 3.63) is 0 Å². The predicted molar refractivity (Wildman–Crippen MR) is 98.8 cm³/mol. The van der Waals surface area contributed by atoms with Crippen LogP contribution in [0.25, 0.3) is 0 Å². The number of carbonyl (C=O) groups is 2. The monoisotopic (exact) mass is 402 g/mol. The Kier molecular flexibility index (Phi) is 6.78. The van der Waals surface area contributed by atoms with Crippen LogP contribution in [0.15, 0.2) is 0 Å². The molecule has 0 aromatic carbocycles. The van der Waals surface area contributed by atoms with Gasteiger partial charge in [0.05, 0.1) is 13.2 Å². The SMILES string of the molecule is CCOC(=O)C(F)(F)OCCCCCNC(=O)NC12CC3CC(CC(C3)C1)C2. The maximum Gasteiger partial charge on any atom is 0.456 e. The molecular weight excluding hydrogens is 370 g/mol. The van der Waals surface area contributed by atoms with Crippen molar-refractivity contribution in [1.82, 2.24) is 10.6 Å². The fraction of sp³-hybridized carbons (Fsp3) is 0.900. The number of hydrogen-bond acceptors (Lipinski definition) is 4. The Labute approximate surface area is 165 Å². The number of unbranched alkanes of at least 4 members (excludes halogenated alkanes) is 2. The van der Waals surface area contributed by atoms with E-state index in [1.54, 1.807) is 0 Å². The molecule has 4 aliphatic rings. The second kappa shape index (κ2) is 8.93. The van der Waals surface area contributed by atoms with Gasteiger partial charge in [0.2, 0.25) is 0 Å². The number of urea groups is 1. The molecule has 4 rings (SSSR count). The summed E-state index contributed by atoms with van der Waals surface area (Å²) in [6.07, 6.45) is 5.10. The minimum Gasteiger partial charge on any atom is -0.460 e. The molecule has 4 fully saturated rings. The molecule has 0 aliphatic heterocycles. The lowest BCUT2D eigenvalue weighted by molar-refractivity contribution is -0.250. The van der Waals surface area contributed by atoms with E-state index in [0.29, 0.717) is 25.8 Å². The van der Waals surface area contributed by atoms with Gasteiger partial charge >= 0.3 is 18.1 Å². The highest BCUT2D eigenvalue weighted by atomic mass is 19.3. The molecule has 0 unspecified atom stereocenters. The molecule has 0 atom stereocenters. The Morgan fingerprint density at radius 2 is 1.64 bits per heavy atom. The molecular formula is C20H32F2N2O4. The van der Waals surface area contributed by atoms with Gasteiger partial charge in [-0.25, -0.2) is 9.59 Å². The van der Waals surface area contributed by atoms with Crippen molar-refractivity contribution < 1.29 is 27.8 Å². The molecule has 8 heteroatoms. The van der Waals surface area contributed by atoms with Gasteiger partial charge in [0, 0.05) is 12.1 Å². The minimum atomic E-state index is -3.90. The Bertz CT molecular complexity index is 535. The number of carbonyl (C=O) groups excluding carboxylic acids is 2. The van der Waals surface area contributed by atoms with Crippen molar-refractivity contribution in [2.24, 2.45) is 17.8 Å². The summed E-state index contributed by atoms with van der Waals surface area (Å²) in [5.41, 5.74) is -0.00858. The first-order chi connectivity index (χ1) is 13.3. The minimum absolute atomic E-state index is 0.00858. The average Bonchev–Trinajstić information content (AvgIpc) is 2.59. The molecule has 0 aromatic heterocycles. The van der Waals surface area contributed by atoms with Crippen LogP contribution in [-0.2, 0) is 14.3 Å². The van der Waals surface area contributed by atoms with Gasteiger partial charge in [-0.2, -0.15) is 8.78 Å². The second-order valence-electron chi connectivity index (χ2n) is 8.73. The second-order valence-corrected chi connectivity index (χ2v) is 8.73. The Balaban J connectivity index is 1.26. The molecule has 0 heterocycles. The Morgan fingerprint density at radius 1 is 1.04 bits per heavy atom. The summed E-state index contributed by atoms with van der Waals surface area (Å²) >= 11 is 0. The fourth-order valence-corrected chi connectivity index (χ4v) is 5.63. The van der Waals surface area contributed by atoms with Crippen LogP contribution in [0.1, 0.15) is 64.7 Å². The van der Waals surface area contributed by atoms with E-state index in [-0.39, 0.29) is 24.8 Å². The van der Waals surface area contributed by atoms with Gasteiger partial charge in [-0.05, 0) is 82.5 Å². The molecule has 6 nitrogen and oxygen atoms in total. The van der Waals surface area contributed by atoms with Crippen LogP contribution < -0.4 is 10.6 Å². The van der Waals surface area contributed by atoms with E-state index in [1.807, 2.05) is 0 Å². The van der Waals surface area contributed by atoms with Crippen molar-refractivity contribution in [2.75, 3.05) is 19.8 Å². The maximum absolute atomic E-state index is 13.3. The molecule has 0 saturated heterocycles. The van der Waals surface area contributed by atoms with E-state index < -0.39 is 12.1 Å². The van der Waals surface area contributed by atoms with Crippen LogP contribution in [0.3, 0.4) is 0 Å². The number of halogens is 2. The molecule has 160 valence electrons. The first kappa shape index (κ1) is 21.3. The summed E-state index contributed by atoms with van der Waals surface area (Å²) in [6, 6.07) is -0.118. The number of alkyl halides is 2. The largest absolute Gasteiger partial charge is 0.460 e. The molecule has 2 N–H and O–H groups in total. The molecule has 2 amide bonds. The normalized spacial score (nSPS) is 30.9. The molecule has 28 heavy (non-hydrogen) atoms. The van der Waals surface area contributed by atoms with Crippen LogP contribution in [0.4, 0.5) is 13.6 Å². The lowest BCUT2D eigenvalue weighted by atomic mass is 9.53. The Morgan fingerprint density at radius 3 is 2.21 bits per heavy atom. The predicted octanol–water partition coefficient (Wildman–Crippen LogP) is 3.60. The van der Waals surface area contributed by atoms with Crippen molar-refractivity contribution >= 4 is 12.0 Å². The quantitative estimate of drug-likeness (QED) is 0.432. The number of ether oxygens (including phenoxy) is 2. The molecule has 4 saturated carbocycles. The van der Waals surface area contributed by atoms with Crippen LogP contribution in [0.5, 0.6) is 0 Å². The summed E-state index contributed by atoms with van der Waals surface area (Å²) in [6.45, 7) is 1.60. The van der Waals surface area contributed by atoms with E-state index in [1.165, 1.54) is 26.2 Å². The van der Waals surface area contributed by atoms with Gasteiger partial charge in [-0.15, -0.1) is 0 Å². The fourth-order valence-electron chi connectivity index (χ4n) is 5.63. The number of nitrogens with one attached hydrogen (secondary N) is 2. The first-order valence-corrected chi connectivity index (χ1v) is 10.6. The zero-order valence-corrected chi connectivity index (χ0v) is 16.6. The van der Waals surface area contributed by atoms with Crippen LogP contribution >= 0.6 is 0 Å². The third-order valence-electron chi connectivity index (χ3n) is 6.32. The molecule has 0 aromatic rings. The van der Waals surface area contributed by atoms with Gasteiger partial charge in [0.25, 0.3) is 0 Å². The highest BCUT2D eigenvalue weighted by molar-refractivity contribution is 5.75. The smallest absolute Gasteiger partial charge is 0.456 e. The third-order valence-corrected chi connectivity index (χ3v) is 6.32. The zero-order valence-electron chi connectivity index (χ0n) is 16.6. The third kappa shape index (κ3) is 5.33. The highest BCUT2D eigenvalue weighted by Gasteiger charge is 2.51. The summed E-state index contributed by atoms with van der Waals surface area (Å²) in [5, 5.41) is 6.13. The van der Waals surface area contributed by atoms with Crippen molar-refractivity contribution in [1.29, 1.82) is 0 Å². The van der Waals surface area contributed by atoms with Crippen LogP contribution in [0, 0.1) is 17.8 Å². The Hall–Kier alpha value is -1.44. The molecule has 0 radical (unpaired) electrons. The van der Waals surface area contributed by atoms with Crippen molar-refractivity contribution in [3.8, 4) is 0 Å². The van der Waals surface area contributed by atoms with Gasteiger partial charge in [0.15, 0.2) is 0 Å². The topological polar surface area (TPSA) is 76.7 Å². The first-order valence-electron chi connectivity index (χ1n) is 10.6. The highest BCUT2D eigenvalue weighted by Crippen LogP contribution is 2.55. The van der Waals surface area contributed by atoms with Gasteiger partial charge in [-0.1, -0.05) is 0 Å². The summed E-state index contributed by atoms with van der Waals surface area (Å²) in [7, 11) is 0. The van der Waals surface area contributed by atoms with Crippen molar-refractivity contribution in [2.45, 2.75) is 76.4 Å². The van der Waals surface area contributed by atoms with Crippen LogP contribution in [0.2, 0.25) is 0 Å². The molecule has 0 spiro atoms. The van der Waals surface area contributed by atoms with Crippen molar-refractivity contribution in [3.63, 3.8) is 0 Å². The number of rotatable bonds is 10. The van der Waals surface area contributed by atoms with Gasteiger partial charge in [-0.3, -0.25) is 0 Å². The molecule has 4 bridgehead atoms. The lowest BCUT2D eigenvalue weighted by Crippen LogP contribution is -2.61. The standard InChI is InChI=1S/C20H32F2N2O4/c1-2-27-17(25)20(21,22)28-7-5-3-4-6-23-18(26)24-19-11-14-8-15(12-19)10-16(9-14)13-19/h14-16H,2-13H2,1H3,(H2,23,24,26). The lowest BCUT2D eigenvalue weighted by Gasteiger charge is -2.56. The van der Waals surface area contributed by atoms with Gasteiger partial charge < -0.3 is 20.1 Å². The van der Waals surface area contributed by atoms with E-state index in [2.05, 4.69) is 20.1 Å². The van der Waals surface area contributed by atoms with E-state index in [4.69, 9.17) is 0 Å².